The monoisotopic (exact) mass is 304 g/mol. The van der Waals surface area contributed by atoms with E-state index in [-0.39, 0.29) is 5.92 Å². The molecule has 1 aromatic carbocycles. The highest BCUT2D eigenvalue weighted by Crippen LogP contribution is 2.27. The van der Waals surface area contributed by atoms with Gasteiger partial charge in [-0.3, -0.25) is 4.90 Å². The molecule has 1 amide bonds. The molecule has 0 spiro atoms. The van der Waals surface area contributed by atoms with E-state index in [0.717, 1.165) is 12.0 Å². The average molecular weight is 304 g/mol. The summed E-state index contributed by atoms with van der Waals surface area (Å²) in [7, 11) is 0. The molecule has 2 atom stereocenters. The summed E-state index contributed by atoms with van der Waals surface area (Å²) < 4.78 is 5.30. The topological polar surface area (TPSA) is 69.7 Å². The Kier molecular flexibility index (Phi) is 4.74. The lowest BCUT2D eigenvalue weighted by Crippen LogP contribution is -2.48. The van der Waals surface area contributed by atoms with Gasteiger partial charge in [0.2, 0.25) is 0 Å². The smallest absolute Gasteiger partial charge is 0.410 e. The van der Waals surface area contributed by atoms with E-state index >= 15 is 0 Å². The lowest BCUT2D eigenvalue weighted by atomic mass is 9.97. The number of benzene rings is 1. The van der Waals surface area contributed by atoms with E-state index in [1.807, 2.05) is 30.3 Å². The fraction of sp³-hybridized carbons (Fsp3) is 0.529. The summed E-state index contributed by atoms with van der Waals surface area (Å²) in [6, 6.07) is 8.94. The summed E-state index contributed by atoms with van der Waals surface area (Å²) in [6.07, 6.45) is 0.553. The third kappa shape index (κ3) is 4.23. The molecule has 0 N–H and O–H groups in total. The number of hydrogen-bond donors (Lipinski definition) is 0. The number of aliphatic carboxylic acids is 1. The Balaban J connectivity index is 2.06. The molecule has 5 heteroatoms. The van der Waals surface area contributed by atoms with Gasteiger partial charge in [-0.05, 0) is 45.1 Å². The van der Waals surface area contributed by atoms with Crippen molar-refractivity contribution in [2.24, 2.45) is 5.92 Å². The molecule has 0 unspecified atom stereocenters. The van der Waals surface area contributed by atoms with Gasteiger partial charge in [0.15, 0.2) is 0 Å². The predicted molar refractivity (Wildman–Crippen MR) is 80.0 cm³/mol. The van der Waals surface area contributed by atoms with Crippen molar-refractivity contribution in [2.75, 3.05) is 6.54 Å². The second-order valence-corrected chi connectivity index (χ2v) is 6.76. The summed E-state index contributed by atoms with van der Waals surface area (Å²) >= 11 is 0. The summed E-state index contributed by atoms with van der Waals surface area (Å²) in [6.45, 7) is 5.66. The van der Waals surface area contributed by atoms with Crippen LogP contribution in [0.2, 0.25) is 0 Å². The Morgan fingerprint density at radius 3 is 2.45 bits per heavy atom. The number of likely N-dealkylation sites (tertiary alicyclic amines) is 1. The summed E-state index contributed by atoms with van der Waals surface area (Å²) in [4.78, 5) is 24.8. The van der Waals surface area contributed by atoms with Crippen molar-refractivity contribution in [3.63, 3.8) is 0 Å². The highest BCUT2D eigenvalue weighted by atomic mass is 16.6. The second-order valence-electron chi connectivity index (χ2n) is 6.76. The molecule has 5 nitrogen and oxygen atoms in total. The van der Waals surface area contributed by atoms with Crippen molar-refractivity contribution in [2.45, 2.75) is 45.3 Å². The zero-order valence-electron chi connectivity index (χ0n) is 13.2. The number of carboxylic acid groups (broad SMARTS) is 1. The van der Waals surface area contributed by atoms with Crippen molar-refractivity contribution in [1.29, 1.82) is 0 Å². The Morgan fingerprint density at radius 1 is 1.27 bits per heavy atom. The van der Waals surface area contributed by atoms with E-state index in [9.17, 15) is 14.7 Å². The van der Waals surface area contributed by atoms with Crippen LogP contribution in [-0.2, 0) is 16.0 Å². The van der Waals surface area contributed by atoms with Gasteiger partial charge in [0.1, 0.15) is 5.60 Å². The standard InChI is InChI=1S/C17H23NO4/c1-17(2,3)22-16(21)18-11-13(10-14(18)15(19)20)9-12-7-5-4-6-8-12/h4-8,13-14H,9-11H2,1-3H3,(H,19,20)/p-1/t13-,14-/m1/s1. The number of carboxylic acids is 1. The molecule has 1 fully saturated rings. The average Bonchev–Trinajstić information content (AvgIpc) is 2.82. The minimum Gasteiger partial charge on any atom is -0.548 e. The van der Waals surface area contributed by atoms with Gasteiger partial charge in [-0.15, -0.1) is 0 Å². The molecular formula is C17H22NO4-. The Bertz CT molecular complexity index is 535. The van der Waals surface area contributed by atoms with E-state index in [0.29, 0.717) is 13.0 Å². The van der Waals surface area contributed by atoms with Crippen molar-refractivity contribution >= 4 is 12.1 Å². The normalized spacial score (nSPS) is 21.7. The van der Waals surface area contributed by atoms with E-state index in [2.05, 4.69) is 0 Å². The first-order chi connectivity index (χ1) is 10.3. The van der Waals surface area contributed by atoms with Crippen LogP contribution >= 0.6 is 0 Å². The van der Waals surface area contributed by atoms with Crippen LogP contribution in [0.1, 0.15) is 32.8 Å². The van der Waals surface area contributed by atoms with Crippen LogP contribution in [0.3, 0.4) is 0 Å². The summed E-state index contributed by atoms with van der Waals surface area (Å²) in [5, 5.41) is 11.3. The first-order valence-electron chi connectivity index (χ1n) is 7.50. The quantitative estimate of drug-likeness (QED) is 0.850. The third-order valence-electron chi connectivity index (χ3n) is 3.65. The van der Waals surface area contributed by atoms with Crippen LogP contribution in [-0.4, -0.2) is 35.2 Å². The van der Waals surface area contributed by atoms with Gasteiger partial charge in [-0.2, -0.15) is 0 Å². The molecule has 1 heterocycles. The van der Waals surface area contributed by atoms with Crippen molar-refractivity contribution in [1.82, 2.24) is 4.90 Å². The predicted octanol–water partition coefficient (Wildman–Crippen LogP) is 1.60. The zero-order chi connectivity index (χ0) is 16.3. The fourth-order valence-corrected chi connectivity index (χ4v) is 2.76. The summed E-state index contributed by atoms with van der Waals surface area (Å²) in [5.41, 5.74) is 0.487. The Labute approximate surface area is 130 Å². The maximum atomic E-state index is 12.2. The van der Waals surface area contributed by atoms with Crippen LogP contribution in [0.4, 0.5) is 4.79 Å². The highest BCUT2D eigenvalue weighted by molar-refractivity contribution is 5.79. The van der Waals surface area contributed by atoms with Crippen LogP contribution in [0.25, 0.3) is 0 Å². The van der Waals surface area contributed by atoms with Crippen LogP contribution in [0, 0.1) is 5.92 Å². The van der Waals surface area contributed by atoms with Gasteiger partial charge in [-0.25, -0.2) is 4.79 Å². The third-order valence-corrected chi connectivity index (χ3v) is 3.65. The number of ether oxygens (including phenoxy) is 1. The fourth-order valence-electron chi connectivity index (χ4n) is 2.76. The molecule has 1 aromatic rings. The molecule has 1 saturated heterocycles. The zero-order valence-corrected chi connectivity index (χ0v) is 13.2. The molecule has 2 rings (SSSR count). The van der Waals surface area contributed by atoms with E-state index in [1.54, 1.807) is 20.8 Å². The minimum atomic E-state index is -1.22. The Hall–Kier alpha value is -2.04. The molecule has 0 bridgehead atoms. The summed E-state index contributed by atoms with van der Waals surface area (Å²) in [5.74, 6) is -1.13. The minimum absolute atomic E-state index is 0.0952. The van der Waals surface area contributed by atoms with Crippen molar-refractivity contribution in [3.05, 3.63) is 35.9 Å². The Morgan fingerprint density at radius 2 is 1.91 bits per heavy atom. The molecule has 0 aliphatic carbocycles. The molecular weight excluding hydrogens is 282 g/mol. The van der Waals surface area contributed by atoms with Gasteiger partial charge < -0.3 is 14.6 Å². The van der Waals surface area contributed by atoms with Gasteiger partial charge in [0.05, 0.1) is 12.0 Å². The number of rotatable bonds is 3. The maximum Gasteiger partial charge on any atom is 0.410 e. The number of carbonyl (C=O) groups excluding carboxylic acids is 2. The van der Waals surface area contributed by atoms with Gasteiger partial charge >= 0.3 is 6.09 Å². The van der Waals surface area contributed by atoms with Gasteiger partial charge in [0, 0.05) is 6.54 Å². The molecule has 1 aliphatic rings. The lowest BCUT2D eigenvalue weighted by molar-refractivity contribution is -0.310. The largest absolute Gasteiger partial charge is 0.548 e. The maximum absolute atomic E-state index is 12.2. The van der Waals surface area contributed by atoms with E-state index in [4.69, 9.17) is 4.74 Å². The van der Waals surface area contributed by atoms with Crippen LogP contribution < -0.4 is 5.11 Å². The first-order valence-corrected chi connectivity index (χ1v) is 7.50. The molecule has 0 saturated carbocycles. The number of amides is 1. The molecule has 22 heavy (non-hydrogen) atoms. The van der Waals surface area contributed by atoms with Gasteiger partial charge in [0.25, 0.3) is 0 Å². The van der Waals surface area contributed by atoms with Crippen LogP contribution in [0.15, 0.2) is 30.3 Å². The highest BCUT2D eigenvalue weighted by Gasteiger charge is 2.38. The number of nitrogens with zero attached hydrogens (tertiary/aromatic N) is 1. The molecule has 0 aromatic heterocycles. The number of carbonyl (C=O) groups is 2. The van der Waals surface area contributed by atoms with Crippen molar-refractivity contribution < 1.29 is 19.4 Å². The van der Waals surface area contributed by atoms with Gasteiger partial charge in [-0.1, -0.05) is 30.3 Å². The molecule has 1 aliphatic heterocycles. The molecule has 120 valence electrons. The number of hydrogen-bond acceptors (Lipinski definition) is 4. The van der Waals surface area contributed by atoms with Crippen molar-refractivity contribution in [3.8, 4) is 0 Å². The molecule has 0 radical (unpaired) electrons. The van der Waals surface area contributed by atoms with E-state index < -0.39 is 23.7 Å². The van der Waals surface area contributed by atoms with Crippen LogP contribution in [0.5, 0.6) is 0 Å². The first kappa shape index (κ1) is 16.3. The SMILES string of the molecule is CC(C)(C)OC(=O)N1C[C@H](Cc2ccccc2)C[C@@H]1C(=O)[O-]. The van der Waals surface area contributed by atoms with E-state index in [1.165, 1.54) is 4.90 Å². The lowest BCUT2D eigenvalue weighted by Gasteiger charge is -2.28. The second kappa shape index (κ2) is 6.38.